The smallest absolute Gasteiger partial charge is 0.264 e. The highest BCUT2D eigenvalue weighted by molar-refractivity contribution is 9.10. The van der Waals surface area contributed by atoms with Gasteiger partial charge in [0.1, 0.15) is 5.76 Å². The Bertz CT molecular complexity index is 838. The normalized spacial score (nSPS) is 19.4. The Morgan fingerprint density at radius 1 is 1.36 bits per heavy atom. The van der Waals surface area contributed by atoms with E-state index >= 15 is 0 Å². The number of anilines is 1. The third-order valence-corrected chi connectivity index (χ3v) is 5.09. The zero-order valence-electron chi connectivity index (χ0n) is 14.4. The number of amides is 1. The first-order chi connectivity index (χ1) is 11.8. The van der Waals surface area contributed by atoms with Crippen LogP contribution in [-0.4, -0.2) is 23.3 Å². The number of rotatable bonds is 5. The first-order valence-corrected chi connectivity index (χ1v) is 9.01. The van der Waals surface area contributed by atoms with Gasteiger partial charge in [0.2, 0.25) is 0 Å². The standard InChI is InChI=1S/C19H20BrNO4/c1-4-7-21-15-6-5-13(20)8-14(15)19(24,18(21)23)9-16(22)17-11(2)10-25-12(17)3/h5-6,8,10,24H,4,7,9H2,1-3H3/t19-/m1/s1. The highest BCUT2D eigenvalue weighted by Gasteiger charge is 2.51. The molecule has 0 saturated heterocycles. The highest BCUT2D eigenvalue weighted by atomic mass is 79.9. The summed E-state index contributed by atoms with van der Waals surface area (Å²) in [4.78, 5) is 27.3. The van der Waals surface area contributed by atoms with Gasteiger partial charge in [-0.25, -0.2) is 0 Å². The molecule has 0 saturated carbocycles. The molecule has 2 heterocycles. The minimum atomic E-state index is -1.86. The molecule has 0 fully saturated rings. The van der Waals surface area contributed by atoms with Crippen molar-refractivity contribution in [1.82, 2.24) is 0 Å². The van der Waals surface area contributed by atoms with Crippen LogP contribution in [0.2, 0.25) is 0 Å². The molecule has 1 aliphatic heterocycles. The average molecular weight is 406 g/mol. The van der Waals surface area contributed by atoms with Crippen LogP contribution in [-0.2, 0) is 10.4 Å². The molecule has 132 valence electrons. The first-order valence-electron chi connectivity index (χ1n) is 8.22. The molecular weight excluding hydrogens is 386 g/mol. The molecule has 3 rings (SSSR count). The quantitative estimate of drug-likeness (QED) is 0.766. The summed E-state index contributed by atoms with van der Waals surface area (Å²) >= 11 is 3.38. The molecule has 5 nitrogen and oxygen atoms in total. The number of halogens is 1. The number of furan rings is 1. The van der Waals surface area contributed by atoms with Gasteiger partial charge in [-0.2, -0.15) is 0 Å². The van der Waals surface area contributed by atoms with Gasteiger partial charge in [-0.3, -0.25) is 9.59 Å². The molecule has 1 aromatic heterocycles. The van der Waals surface area contributed by atoms with Gasteiger partial charge in [0.25, 0.3) is 5.91 Å². The molecule has 1 atom stereocenters. The van der Waals surface area contributed by atoms with E-state index in [1.165, 1.54) is 6.26 Å². The van der Waals surface area contributed by atoms with Crippen LogP contribution in [0.4, 0.5) is 5.69 Å². The maximum Gasteiger partial charge on any atom is 0.264 e. The van der Waals surface area contributed by atoms with Gasteiger partial charge in [0.05, 0.1) is 23.9 Å². The molecule has 0 radical (unpaired) electrons. The van der Waals surface area contributed by atoms with E-state index in [9.17, 15) is 14.7 Å². The van der Waals surface area contributed by atoms with Crippen molar-refractivity contribution >= 4 is 33.3 Å². The molecule has 0 spiro atoms. The summed E-state index contributed by atoms with van der Waals surface area (Å²) in [5.41, 5.74) is 0.406. The third-order valence-electron chi connectivity index (χ3n) is 4.60. The number of aliphatic hydroxyl groups is 1. The predicted molar refractivity (Wildman–Crippen MR) is 97.8 cm³/mol. The Morgan fingerprint density at radius 2 is 2.08 bits per heavy atom. The molecule has 0 unspecified atom stereocenters. The fraction of sp³-hybridized carbons (Fsp3) is 0.368. The lowest BCUT2D eigenvalue weighted by Crippen LogP contribution is -2.42. The number of hydrogen-bond donors (Lipinski definition) is 1. The van der Waals surface area contributed by atoms with Crippen LogP contribution in [0.5, 0.6) is 0 Å². The Balaban J connectivity index is 2.04. The van der Waals surface area contributed by atoms with Crippen molar-refractivity contribution in [2.24, 2.45) is 0 Å². The fourth-order valence-electron chi connectivity index (χ4n) is 3.45. The van der Waals surface area contributed by atoms with Crippen molar-refractivity contribution in [3.8, 4) is 0 Å². The van der Waals surface area contributed by atoms with Crippen LogP contribution >= 0.6 is 15.9 Å². The number of Topliss-reactive ketones (excluding diaryl/α,β-unsaturated/α-hetero) is 1. The molecule has 6 heteroatoms. The molecule has 25 heavy (non-hydrogen) atoms. The zero-order chi connectivity index (χ0) is 18.4. The molecule has 0 aliphatic carbocycles. The van der Waals surface area contributed by atoms with Crippen molar-refractivity contribution in [2.45, 2.75) is 39.2 Å². The van der Waals surface area contributed by atoms with E-state index in [0.717, 1.165) is 10.9 Å². The van der Waals surface area contributed by atoms with Crippen LogP contribution in [0.3, 0.4) is 0 Å². The van der Waals surface area contributed by atoms with Gasteiger partial charge in [-0.15, -0.1) is 0 Å². The second kappa shape index (κ2) is 6.42. The van der Waals surface area contributed by atoms with Crippen molar-refractivity contribution in [1.29, 1.82) is 0 Å². The summed E-state index contributed by atoms with van der Waals surface area (Å²) in [6.07, 6.45) is 1.96. The number of carbonyl (C=O) groups is 2. The van der Waals surface area contributed by atoms with Crippen LogP contribution in [0, 0.1) is 13.8 Å². The number of benzene rings is 1. The molecule has 2 aromatic rings. The van der Waals surface area contributed by atoms with Crippen molar-refractivity contribution in [3.05, 3.63) is 51.4 Å². The highest BCUT2D eigenvalue weighted by Crippen LogP contribution is 2.44. The molecule has 1 aliphatic rings. The third kappa shape index (κ3) is 2.83. The maximum atomic E-state index is 12.9. The second-order valence-electron chi connectivity index (χ2n) is 6.43. The van der Waals surface area contributed by atoms with E-state index in [1.807, 2.05) is 13.0 Å². The lowest BCUT2D eigenvalue weighted by atomic mass is 9.87. The summed E-state index contributed by atoms with van der Waals surface area (Å²) in [5.74, 6) is -0.255. The van der Waals surface area contributed by atoms with Crippen LogP contribution < -0.4 is 4.90 Å². The Kier molecular flexibility index (Phi) is 4.60. The number of hydrogen-bond acceptors (Lipinski definition) is 4. The lowest BCUT2D eigenvalue weighted by molar-refractivity contribution is -0.135. The summed E-state index contributed by atoms with van der Waals surface area (Å²) in [6, 6.07) is 5.34. The van der Waals surface area contributed by atoms with E-state index in [1.54, 1.807) is 30.9 Å². The second-order valence-corrected chi connectivity index (χ2v) is 7.34. The number of fused-ring (bicyclic) bond motifs is 1. The summed E-state index contributed by atoms with van der Waals surface area (Å²) in [6.45, 7) is 5.94. The average Bonchev–Trinajstić information content (AvgIpc) is 2.99. The fourth-order valence-corrected chi connectivity index (χ4v) is 3.81. The number of carbonyl (C=O) groups excluding carboxylic acids is 2. The van der Waals surface area contributed by atoms with Crippen LogP contribution in [0.15, 0.2) is 33.4 Å². The van der Waals surface area contributed by atoms with Crippen molar-refractivity contribution in [3.63, 3.8) is 0 Å². The summed E-state index contributed by atoms with van der Waals surface area (Å²) in [7, 11) is 0. The van der Waals surface area contributed by atoms with Gasteiger partial charge in [0, 0.05) is 16.6 Å². The largest absolute Gasteiger partial charge is 0.469 e. The predicted octanol–water partition coefficient (Wildman–Crippen LogP) is 3.88. The molecule has 1 N–H and O–H groups in total. The van der Waals surface area contributed by atoms with Gasteiger partial charge in [0.15, 0.2) is 11.4 Å². The van der Waals surface area contributed by atoms with Gasteiger partial charge >= 0.3 is 0 Å². The van der Waals surface area contributed by atoms with E-state index in [0.29, 0.717) is 34.7 Å². The Morgan fingerprint density at radius 3 is 2.68 bits per heavy atom. The molecule has 1 amide bonds. The van der Waals surface area contributed by atoms with Crippen LogP contribution in [0.1, 0.15) is 47.0 Å². The maximum absolute atomic E-state index is 12.9. The number of aryl methyl sites for hydroxylation is 2. The van der Waals surface area contributed by atoms with E-state index in [4.69, 9.17) is 4.42 Å². The van der Waals surface area contributed by atoms with Crippen LogP contribution in [0.25, 0.3) is 0 Å². The first kappa shape index (κ1) is 17.9. The Labute approximate surface area is 154 Å². The van der Waals surface area contributed by atoms with E-state index < -0.39 is 11.5 Å². The topological polar surface area (TPSA) is 70.8 Å². The monoisotopic (exact) mass is 405 g/mol. The van der Waals surface area contributed by atoms with Crippen molar-refractivity contribution < 1.29 is 19.1 Å². The molecule has 0 bridgehead atoms. The minimum absolute atomic E-state index is 0.302. The van der Waals surface area contributed by atoms with Gasteiger partial charge in [-0.05, 0) is 44.0 Å². The molecular formula is C19H20BrNO4. The van der Waals surface area contributed by atoms with Crippen molar-refractivity contribution in [2.75, 3.05) is 11.4 Å². The van der Waals surface area contributed by atoms with Gasteiger partial charge < -0.3 is 14.4 Å². The molecule has 1 aromatic carbocycles. The van der Waals surface area contributed by atoms with E-state index in [2.05, 4.69) is 15.9 Å². The Hall–Kier alpha value is -1.92. The number of ketones is 1. The summed E-state index contributed by atoms with van der Waals surface area (Å²) in [5, 5.41) is 11.2. The zero-order valence-corrected chi connectivity index (χ0v) is 16.0. The SMILES string of the molecule is CCCN1C(=O)[C@@](O)(CC(=O)c2c(C)coc2C)c2cc(Br)ccc21. The number of nitrogens with zero attached hydrogens (tertiary/aromatic N) is 1. The van der Waals surface area contributed by atoms with Gasteiger partial charge in [-0.1, -0.05) is 22.9 Å². The van der Waals surface area contributed by atoms with E-state index in [-0.39, 0.29) is 12.2 Å². The lowest BCUT2D eigenvalue weighted by Gasteiger charge is -2.22. The minimum Gasteiger partial charge on any atom is -0.469 e. The summed E-state index contributed by atoms with van der Waals surface area (Å²) < 4.78 is 6.03.